The van der Waals surface area contributed by atoms with Crippen molar-refractivity contribution in [2.24, 2.45) is 5.92 Å². The van der Waals surface area contributed by atoms with Crippen LogP contribution in [0.25, 0.3) is 0 Å². The number of rotatable bonds is 5. The highest BCUT2D eigenvalue weighted by atomic mass is 19.4. The minimum atomic E-state index is -4.10. The number of carbonyl (C=O) groups is 1. The van der Waals surface area contributed by atoms with Crippen molar-refractivity contribution < 1.29 is 18.0 Å². The van der Waals surface area contributed by atoms with E-state index in [0.29, 0.717) is 25.2 Å². The molecule has 1 atom stereocenters. The quantitative estimate of drug-likeness (QED) is 0.843. The van der Waals surface area contributed by atoms with Gasteiger partial charge in [0.1, 0.15) is 0 Å². The van der Waals surface area contributed by atoms with Gasteiger partial charge in [-0.3, -0.25) is 4.79 Å². The predicted molar refractivity (Wildman–Crippen MR) is 81.6 cm³/mol. The molecule has 1 N–H and O–H groups in total. The molecule has 3 rings (SSSR count). The molecule has 3 nitrogen and oxygen atoms in total. The van der Waals surface area contributed by atoms with E-state index in [2.05, 4.69) is 5.32 Å². The summed E-state index contributed by atoms with van der Waals surface area (Å²) in [6.07, 6.45) is 5.47. The molecule has 1 amide bonds. The fourth-order valence-electron chi connectivity index (χ4n) is 3.19. The Morgan fingerprint density at radius 2 is 2.13 bits per heavy atom. The van der Waals surface area contributed by atoms with Gasteiger partial charge in [0.15, 0.2) is 0 Å². The van der Waals surface area contributed by atoms with E-state index in [4.69, 9.17) is 0 Å². The Hall–Kier alpha value is -1.82. The van der Waals surface area contributed by atoms with Gasteiger partial charge in [0.2, 0.25) is 0 Å². The Morgan fingerprint density at radius 1 is 1.30 bits per heavy atom. The number of nitrogens with zero attached hydrogens (tertiary/aromatic N) is 1. The topological polar surface area (TPSA) is 32.3 Å². The maximum atomic E-state index is 12.2. The monoisotopic (exact) mass is 324 g/mol. The minimum absolute atomic E-state index is 0.0466. The Labute approximate surface area is 133 Å². The zero-order chi connectivity index (χ0) is 16.4. The summed E-state index contributed by atoms with van der Waals surface area (Å²) >= 11 is 0. The first-order valence-corrected chi connectivity index (χ1v) is 7.81. The Balaban J connectivity index is 1.44. The first-order chi connectivity index (χ1) is 10.9. The van der Waals surface area contributed by atoms with E-state index in [9.17, 15) is 18.0 Å². The zero-order valence-electron chi connectivity index (χ0n) is 12.7. The van der Waals surface area contributed by atoms with E-state index in [0.717, 1.165) is 17.6 Å². The summed E-state index contributed by atoms with van der Waals surface area (Å²) in [6, 6.07) is 0. The molecule has 1 heterocycles. The highest BCUT2D eigenvalue weighted by Crippen LogP contribution is 2.30. The molecule has 1 saturated heterocycles. The molecule has 0 aromatic carbocycles. The molecule has 1 unspecified atom stereocenters. The SMILES string of the molecule is O=C(NCC1CCN(CCC(F)(F)F)C1)C1=C2C=CC=C2C=C1. The summed E-state index contributed by atoms with van der Waals surface area (Å²) in [7, 11) is 0. The fraction of sp³-hybridized carbons (Fsp3) is 0.471. The molecule has 0 bridgehead atoms. The van der Waals surface area contributed by atoms with Gasteiger partial charge < -0.3 is 10.2 Å². The Kier molecular flexibility index (Phi) is 4.43. The summed E-state index contributed by atoms with van der Waals surface area (Å²) in [5.74, 6) is 0.109. The molecule has 1 fully saturated rings. The van der Waals surface area contributed by atoms with Crippen LogP contribution < -0.4 is 5.32 Å². The number of amides is 1. The van der Waals surface area contributed by atoms with Crippen molar-refractivity contribution in [1.29, 1.82) is 0 Å². The van der Waals surface area contributed by atoms with E-state index in [1.807, 2.05) is 35.3 Å². The van der Waals surface area contributed by atoms with Gasteiger partial charge >= 0.3 is 6.18 Å². The third-order valence-electron chi connectivity index (χ3n) is 4.45. The van der Waals surface area contributed by atoms with Gasteiger partial charge in [-0.2, -0.15) is 13.2 Å². The maximum Gasteiger partial charge on any atom is 0.390 e. The third-order valence-corrected chi connectivity index (χ3v) is 4.45. The number of fused-ring (bicyclic) bond motifs is 1. The van der Waals surface area contributed by atoms with Gasteiger partial charge in [0, 0.05) is 25.2 Å². The summed E-state index contributed by atoms with van der Waals surface area (Å²) in [5, 5.41) is 2.91. The van der Waals surface area contributed by atoms with Crippen LogP contribution in [0, 0.1) is 5.92 Å². The van der Waals surface area contributed by atoms with Crippen molar-refractivity contribution in [3.05, 3.63) is 47.1 Å². The van der Waals surface area contributed by atoms with Crippen molar-refractivity contribution in [2.75, 3.05) is 26.2 Å². The van der Waals surface area contributed by atoms with Crippen LogP contribution in [-0.2, 0) is 4.79 Å². The normalized spacial score (nSPS) is 23.6. The average Bonchev–Trinajstić information content (AvgIpc) is 3.18. The maximum absolute atomic E-state index is 12.2. The van der Waals surface area contributed by atoms with Crippen LogP contribution in [0.15, 0.2) is 47.1 Å². The first-order valence-electron chi connectivity index (χ1n) is 7.81. The largest absolute Gasteiger partial charge is 0.390 e. The van der Waals surface area contributed by atoms with E-state index < -0.39 is 12.6 Å². The lowest BCUT2D eigenvalue weighted by atomic mass is 10.1. The Bertz CT molecular complexity index is 614. The molecule has 0 radical (unpaired) electrons. The highest BCUT2D eigenvalue weighted by molar-refractivity contribution is 6.00. The average molecular weight is 324 g/mol. The minimum Gasteiger partial charge on any atom is -0.352 e. The number of alkyl halides is 3. The molecule has 0 aromatic heterocycles. The van der Waals surface area contributed by atoms with Crippen molar-refractivity contribution in [1.82, 2.24) is 10.2 Å². The van der Waals surface area contributed by atoms with Crippen LogP contribution in [0.1, 0.15) is 12.8 Å². The lowest BCUT2D eigenvalue weighted by molar-refractivity contribution is -0.137. The highest BCUT2D eigenvalue weighted by Gasteiger charge is 2.30. The summed E-state index contributed by atoms with van der Waals surface area (Å²) in [6.45, 7) is 1.84. The van der Waals surface area contributed by atoms with E-state index in [1.165, 1.54) is 0 Å². The second-order valence-electron chi connectivity index (χ2n) is 6.17. The first kappa shape index (κ1) is 16.1. The zero-order valence-corrected chi connectivity index (χ0v) is 12.7. The second-order valence-corrected chi connectivity index (χ2v) is 6.17. The second kappa shape index (κ2) is 6.35. The molecule has 3 aliphatic rings. The van der Waals surface area contributed by atoms with Gasteiger partial charge in [-0.05, 0) is 36.1 Å². The molecule has 23 heavy (non-hydrogen) atoms. The van der Waals surface area contributed by atoms with Gasteiger partial charge in [-0.25, -0.2) is 0 Å². The standard InChI is InChI=1S/C17H19F3N2O/c18-17(19,20)7-9-22-8-6-12(11-22)10-21-16(23)15-5-4-13-2-1-3-14(13)15/h1-5,12H,6-11H2,(H,21,23). The Morgan fingerprint density at radius 3 is 2.91 bits per heavy atom. The van der Waals surface area contributed by atoms with Crippen molar-refractivity contribution in [3.8, 4) is 0 Å². The summed E-state index contributed by atoms with van der Waals surface area (Å²) in [5.41, 5.74) is 2.66. The van der Waals surface area contributed by atoms with E-state index in [-0.39, 0.29) is 18.4 Å². The molecule has 0 aromatic rings. The predicted octanol–water partition coefficient (Wildman–Crippen LogP) is 2.74. The fourth-order valence-corrected chi connectivity index (χ4v) is 3.19. The van der Waals surface area contributed by atoms with Crippen LogP contribution in [0.3, 0.4) is 0 Å². The number of hydrogen-bond donors (Lipinski definition) is 1. The number of hydrogen-bond acceptors (Lipinski definition) is 2. The number of likely N-dealkylation sites (tertiary alicyclic amines) is 1. The van der Waals surface area contributed by atoms with Gasteiger partial charge in [-0.1, -0.05) is 24.3 Å². The molecule has 124 valence electrons. The van der Waals surface area contributed by atoms with E-state index >= 15 is 0 Å². The van der Waals surface area contributed by atoms with Gasteiger partial charge in [-0.15, -0.1) is 0 Å². The van der Waals surface area contributed by atoms with Gasteiger partial charge in [0.05, 0.1) is 6.42 Å². The molecule has 6 heteroatoms. The van der Waals surface area contributed by atoms with E-state index in [1.54, 1.807) is 0 Å². The molecule has 1 aliphatic heterocycles. The molecular formula is C17H19F3N2O. The number of carbonyl (C=O) groups excluding carboxylic acids is 1. The van der Waals surface area contributed by atoms with Crippen LogP contribution in [0.5, 0.6) is 0 Å². The number of allylic oxidation sites excluding steroid dienone is 6. The summed E-state index contributed by atoms with van der Waals surface area (Å²) < 4.78 is 36.7. The number of halogens is 3. The molecule has 0 spiro atoms. The van der Waals surface area contributed by atoms with Crippen molar-refractivity contribution in [2.45, 2.75) is 19.0 Å². The van der Waals surface area contributed by atoms with Crippen LogP contribution in [0.4, 0.5) is 13.2 Å². The van der Waals surface area contributed by atoms with Crippen molar-refractivity contribution in [3.63, 3.8) is 0 Å². The number of nitrogens with one attached hydrogen (secondary N) is 1. The van der Waals surface area contributed by atoms with Crippen LogP contribution in [0.2, 0.25) is 0 Å². The van der Waals surface area contributed by atoms with Crippen LogP contribution >= 0.6 is 0 Å². The lowest BCUT2D eigenvalue weighted by Gasteiger charge is -2.17. The summed E-state index contributed by atoms with van der Waals surface area (Å²) in [4.78, 5) is 14.1. The van der Waals surface area contributed by atoms with Crippen molar-refractivity contribution >= 4 is 5.91 Å². The molecular weight excluding hydrogens is 305 g/mol. The molecule has 2 aliphatic carbocycles. The van der Waals surface area contributed by atoms with Gasteiger partial charge in [0.25, 0.3) is 5.91 Å². The van der Waals surface area contributed by atoms with Crippen LogP contribution in [-0.4, -0.2) is 43.2 Å². The lowest BCUT2D eigenvalue weighted by Crippen LogP contribution is -2.32. The third kappa shape index (κ3) is 3.93. The molecule has 0 saturated carbocycles. The smallest absolute Gasteiger partial charge is 0.352 e.